The van der Waals surface area contributed by atoms with Crippen LogP contribution in [0, 0.1) is 10.1 Å². The van der Waals surface area contributed by atoms with Gasteiger partial charge in [-0.25, -0.2) is 0 Å². The van der Waals surface area contributed by atoms with E-state index in [0.717, 1.165) is 0 Å². The molecular formula is C6H18NNa2O13P. The molecule has 1 rings (SSSR count). The van der Waals surface area contributed by atoms with Crippen LogP contribution in [0.5, 0.6) is 5.75 Å². The van der Waals surface area contributed by atoms with Crippen molar-refractivity contribution in [3.8, 4) is 5.75 Å². The van der Waals surface area contributed by atoms with E-state index in [-0.39, 0.29) is 103 Å². The van der Waals surface area contributed by atoms with Crippen molar-refractivity contribution in [2.45, 2.75) is 0 Å². The van der Waals surface area contributed by atoms with Gasteiger partial charge in [0, 0.05) is 12.1 Å². The molecule has 0 amide bonds. The van der Waals surface area contributed by atoms with Crippen LogP contribution in [-0.2, 0) is 4.57 Å². The van der Waals surface area contributed by atoms with Crippen LogP contribution in [0.1, 0.15) is 0 Å². The molecule has 14 N–H and O–H groups in total. The molecule has 0 radical (unpaired) electrons. The van der Waals surface area contributed by atoms with Crippen molar-refractivity contribution < 1.29 is 121 Å². The first-order chi connectivity index (χ1) is 6.70. The Kier molecular flexibility index (Phi) is 66.9. The summed E-state index contributed by atoms with van der Waals surface area (Å²) in [7, 11) is -5.14. The first kappa shape index (κ1) is 56.7. The Morgan fingerprint density at radius 1 is 0.870 bits per heavy atom. The Morgan fingerprint density at radius 3 is 1.26 bits per heavy atom. The van der Waals surface area contributed by atoms with Crippen molar-refractivity contribution in [3.63, 3.8) is 0 Å². The Bertz CT molecular complexity index is 376. The van der Waals surface area contributed by atoms with E-state index in [9.17, 15) is 10.1 Å². The fourth-order valence-electron chi connectivity index (χ4n) is 0.574. The van der Waals surface area contributed by atoms with Crippen molar-refractivity contribution in [1.29, 1.82) is 0 Å². The van der Waals surface area contributed by atoms with E-state index in [1.165, 1.54) is 24.3 Å². The molecule has 17 heteroatoms. The van der Waals surface area contributed by atoms with Crippen molar-refractivity contribution >= 4 is 13.5 Å². The first-order valence-corrected chi connectivity index (χ1v) is 4.88. The molecule has 0 aromatic heterocycles. The van der Waals surface area contributed by atoms with Crippen LogP contribution in [0.15, 0.2) is 24.3 Å². The predicted octanol–water partition coefficient (Wildman–Crippen LogP) is -11.8. The van der Waals surface area contributed by atoms with Crippen LogP contribution in [-0.4, -0.2) is 47.8 Å². The minimum Gasteiger partial charge on any atom is -0.790 e. The second kappa shape index (κ2) is 27.2. The maximum absolute atomic E-state index is 10.0. The Balaban J connectivity index is -0.0000000198. The van der Waals surface area contributed by atoms with Crippen LogP contribution < -0.4 is 68.9 Å². The van der Waals surface area contributed by atoms with Crippen LogP contribution in [0.4, 0.5) is 5.69 Å². The van der Waals surface area contributed by atoms with E-state index in [0.29, 0.717) is 0 Å². The minimum atomic E-state index is -5.14. The van der Waals surface area contributed by atoms with Crippen LogP contribution in [0.25, 0.3) is 0 Å². The molecule has 0 fully saturated rings. The van der Waals surface area contributed by atoms with Crippen molar-refractivity contribution in [2.24, 2.45) is 0 Å². The second-order valence-corrected chi connectivity index (χ2v) is 3.18. The summed E-state index contributed by atoms with van der Waals surface area (Å²) in [6.45, 7) is 0. The summed E-state index contributed by atoms with van der Waals surface area (Å²) < 4.78 is 8.66. The van der Waals surface area contributed by atoms with Gasteiger partial charge >= 0.3 is 59.1 Å². The molecule has 14 nitrogen and oxygen atoms in total. The molecule has 1 aromatic carbocycles. The van der Waals surface area contributed by atoms with Gasteiger partial charge < -0.3 is 57.2 Å². The largest absolute Gasteiger partial charge is 1.00 e. The molecule has 0 aliphatic heterocycles. The number of hydrogen-bond acceptors (Lipinski definition) is 6. The fourth-order valence-corrected chi connectivity index (χ4v) is 0.574. The second-order valence-electron chi connectivity index (χ2n) is 2.24. The number of non-ortho nitro benzene ring substituents is 1. The van der Waals surface area contributed by atoms with Gasteiger partial charge in [0.25, 0.3) is 5.69 Å². The zero-order chi connectivity index (χ0) is 12.1. The summed E-state index contributed by atoms with van der Waals surface area (Å²) in [5.74, 6) is 0.0330. The number of nitro benzene ring substituents is 1. The topological polar surface area (TPSA) is 336 Å². The predicted molar refractivity (Wildman–Crippen MR) is 66.3 cm³/mol. The SMILES string of the molecule is O.O.O.O.O.O.O=P([O-])([O-])O.O=[N+]([O-])c1ccc(O)cc1.[Na+].[Na+]. The summed E-state index contributed by atoms with van der Waals surface area (Å²) >= 11 is 0. The number of phenols is 1. The third-order valence-electron chi connectivity index (χ3n) is 1.06. The molecule has 0 saturated heterocycles. The molecule has 0 heterocycles. The molecule has 23 heavy (non-hydrogen) atoms. The van der Waals surface area contributed by atoms with Gasteiger partial charge in [0.2, 0.25) is 0 Å². The van der Waals surface area contributed by atoms with Gasteiger partial charge in [-0.05, 0) is 12.1 Å². The average Bonchev–Trinajstić information content (AvgIpc) is 2.01. The summed E-state index contributed by atoms with van der Waals surface area (Å²) in [6, 6.07) is 5.04. The maximum Gasteiger partial charge on any atom is 1.00 e. The Hall–Kier alpha value is 0.290. The first-order valence-electron chi connectivity index (χ1n) is 3.38. The molecule has 132 valence electrons. The third kappa shape index (κ3) is 44.9. The van der Waals surface area contributed by atoms with Gasteiger partial charge in [0.05, 0.1) is 12.7 Å². The normalized spacial score (nSPS) is 6.57. The number of rotatable bonds is 1. The molecule has 0 spiro atoms. The number of hydrogen-bond donors (Lipinski definition) is 2. The smallest absolute Gasteiger partial charge is 0.790 e. The van der Waals surface area contributed by atoms with E-state index in [1.807, 2.05) is 0 Å². The van der Waals surface area contributed by atoms with E-state index < -0.39 is 12.7 Å². The number of nitro groups is 1. The summed E-state index contributed by atoms with van der Waals surface area (Å²) in [6.07, 6.45) is 0. The minimum absolute atomic E-state index is 0. The Morgan fingerprint density at radius 2 is 1.09 bits per heavy atom. The molecule has 0 atom stereocenters. The maximum atomic E-state index is 10.0. The molecule has 0 aliphatic carbocycles. The van der Waals surface area contributed by atoms with Gasteiger partial charge in [-0.1, -0.05) is 0 Å². The summed E-state index contributed by atoms with van der Waals surface area (Å²) in [4.78, 5) is 33.8. The quantitative estimate of drug-likeness (QED) is 0.202. The molecule has 0 bridgehead atoms. The van der Waals surface area contributed by atoms with E-state index in [4.69, 9.17) is 24.4 Å². The van der Waals surface area contributed by atoms with E-state index in [2.05, 4.69) is 0 Å². The van der Waals surface area contributed by atoms with Gasteiger partial charge in [0.1, 0.15) is 5.75 Å². The van der Waals surface area contributed by atoms with Crippen molar-refractivity contribution in [3.05, 3.63) is 34.4 Å². The zero-order valence-electron chi connectivity index (χ0n) is 12.1. The number of phenolic OH excluding ortho intramolecular Hbond substituents is 1. The number of benzene rings is 1. The molecule has 0 aliphatic rings. The summed E-state index contributed by atoms with van der Waals surface area (Å²) in [5, 5.41) is 18.8. The Labute approximate surface area is 174 Å². The van der Waals surface area contributed by atoms with Gasteiger partial charge in [0.15, 0.2) is 0 Å². The number of phosphoric acid groups is 1. The zero-order valence-corrected chi connectivity index (χ0v) is 17.0. The summed E-state index contributed by atoms with van der Waals surface area (Å²) in [5.41, 5.74) is -0.0159. The number of nitrogens with zero attached hydrogens (tertiary/aromatic N) is 1. The van der Waals surface area contributed by atoms with Crippen LogP contribution in [0.2, 0.25) is 0 Å². The van der Waals surface area contributed by atoms with Gasteiger partial charge in [-0.2, -0.15) is 0 Å². The van der Waals surface area contributed by atoms with Crippen LogP contribution in [0.3, 0.4) is 0 Å². The molecule has 0 saturated carbocycles. The third-order valence-corrected chi connectivity index (χ3v) is 1.06. The van der Waals surface area contributed by atoms with Gasteiger partial charge in [-0.15, -0.1) is 0 Å². The molecule has 0 unspecified atom stereocenters. The monoisotopic (exact) mass is 389 g/mol. The van der Waals surface area contributed by atoms with Crippen LogP contribution >= 0.6 is 7.82 Å². The van der Waals surface area contributed by atoms with Crippen molar-refractivity contribution in [1.82, 2.24) is 0 Å². The number of aromatic hydroxyl groups is 1. The van der Waals surface area contributed by atoms with Gasteiger partial charge in [-0.3, -0.25) is 10.1 Å². The average molecular weight is 389 g/mol. The van der Waals surface area contributed by atoms with E-state index in [1.54, 1.807) is 0 Å². The van der Waals surface area contributed by atoms with Crippen molar-refractivity contribution in [2.75, 3.05) is 0 Å². The fraction of sp³-hybridized carbons (Fsp3) is 0. The van der Waals surface area contributed by atoms with E-state index >= 15 is 0 Å². The molecular weight excluding hydrogens is 371 g/mol. The molecule has 1 aromatic rings. The standard InChI is InChI=1S/C6H5NO3.2Na.H3O4P.6H2O/c8-6-3-1-5(2-4-6)7(9)10;;;1-5(2,3)4;;;;;;/h1-4,8H;;;(H3,1,2,3,4);6*1H2/q;2*+1;;;;;;;/p-2.